The third-order valence-corrected chi connectivity index (χ3v) is 6.88. The number of hydrogen-bond acceptors (Lipinski definition) is 5. The van der Waals surface area contributed by atoms with E-state index in [1.165, 1.54) is 0 Å². The van der Waals surface area contributed by atoms with E-state index in [4.69, 9.17) is 0 Å². The second kappa shape index (κ2) is 11.0. The number of hydrogen-bond donors (Lipinski definition) is 0. The van der Waals surface area contributed by atoms with E-state index in [0.717, 1.165) is 33.6 Å². The van der Waals surface area contributed by atoms with Crippen molar-refractivity contribution in [1.29, 1.82) is 0 Å². The molecule has 0 unspecified atom stereocenters. The van der Waals surface area contributed by atoms with E-state index in [9.17, 15) is 20.2 Å². The third kappa shape index (κ3) is 5.15. The summed E-state index contributed by atoms with van der Waals surface area (Å²) in [5.41, 5.74) is 5.87. The van der Waals surface area contributed by atoms with Gasteiger partial charge in [-0.3, -0.25) is 20.2 Å². The number of rotatable bonds is 8. The lowest BCUT2D eigenvalue weighted by atomic mass is 9.86. The van der Waals surface area contributed by atoms with Crippen LogP contribution in [-0.4, -0.2) is 29.3 Å². The van der Waals surface area contributed by atoms with Crippen molar-refractivity contribution in [3.8, 4) is 0 Å². The highest BCUT2D eigenvalue weighted by Gasteiger charge is 2.45. The zero-order valence-corrected chi connectivity index (χ0v) is 23.2. The van der Waals surface area contributed by atoms with Crippen LogP contribution in [0.4, 0.5) is 22.7 Å². The lowest BCUT2D eigenvalue weighted by Crippen LogP contribution is -3.00. The maximum absolute atomic E-state index is 11.8. The average Bonchev–Trinajstić information content (AvgIpc) is 3.27. The minimum absolute atomic E-state index is 0. The van der Waals surface area contributed by atoms with Crippen molar-refractivity contribution in [2.45, 2.75) is 79.1 Å². The molecule has 0 radical (unpaired) electrons. The van der Waals surface area contributed by atoms with Crippen LogP contribution in [0, 0.1) is 20.2 Å². The molecule has 0 aromatic heterocycles. The molecule has 0 spiro atoms. The number of aliphatic imine (C=N–C) groups is 1. The second-order valence-electron chi connectivity index (χ2n) is 10.7. The Balaban J connectivity index is 0.00000456. The molecule has 0 bridgehead atoms. The van der Waals surface area contributed by atoms with Gasteiger partial charge in [0, 0.05) is 46.5 Å². The summed E-state index contributed by atoms with van der Waals surface area (Å²) < 4.78 is 0.318. The van der Waals surface area contributed by atoms with Crippen LogP contribution >= 0.6 is 0 Å². The fourth-order valence-electron chi connectivity index (χ4n) is 5.14. The van der Waals surface area contributed by atoms with Crippen molar-refractivity contribution in [3.63, 3.8) is 0 Å². The van der Waals surface area contributed by atoms with E-state index in [2.05, 4.69) is 60.4 Å². The number of halogens is 1. The van der Waals surface area contributed by atoms with E-state index in [0.29, 0.717) is 17.6 Å². The van der Waals surface area contributed by atoms with Crippen LogP contribution in [0.2, 0.25) is 0 Å². The number of nitro groups is 2. The molecule has 196 valence electrons. The number of benzene rings is 2. The van der Waals surface area contributed by atoms with Crippen LogP contribution in [0.15, 0.2) is 29.3 Å². The van der Waals surface area contributed by atoms with Crippen molar-refractivity contribution >= 4 is 29.1 Å². The molecule has 8 nitrogen and oxygen atoms in total. The fourth-order valence-corrected chi connectivity index (χ4v) is 5.14. The van der Waals surface area contributed by atoms with Gasteiger partial charge in [0.25, 0.3) is 11.4 Å². The SMILES string of the molecule is CC(C)c1cc([N+](=O)[O-])cc(C(C)C)c1[N+]1(c2c(C(C)C)cc([N+](=O)[O-])cc2C(C)C)C=NCC1.[Cl-]. The van der Waals surface area contributed by atoms with Crippen molar-refractivity contribution < 1.29 is 22.3 Å². The van der Waals surface area contributed by atoms with Crippen molar-refractivity contribution in [1.82, 2.24) is 4.48 Å². The molecule has 0 fully saturated rings. The third-order valence-electron chi connectivity index (χ3n) is 6.88. The van der Waals surface area contributed by atoms with E-state index in [1.807, 2.05) is 6.34 Å². The van der Waals surface area contributed by atoms with Gasteiger partial charge in [-0.1, -0.05) is 55.4 Å². The van der Waals surface area contributed by atoms with Crippen molar-refractivity contribution in [2.75, 3.05) is 13.1 Å². The summed E-state index contributed by atoms with van der Waals surface area (Å²) in [5.74, 6) is 0.146. The van der Waals surface area contributed by atoms with Crippen LogP contribution in [0.5, 0.6) is 0 Å². The Bertz CT molecular complexity index is 1050. The first-order valence-electron chi connectivity index (χ1n) is 12.4. The zero-order chi connectivity index (χ0) is 26.2. The molecular weight excluding hydrogens is 480 g/mol. The Hall–Kier alpha value is -2.84. The van der Waals surface area contributed by atoms with Gasteiger partial charge in [-0.05, 0) is 23.7 Å². The van der Waals surface area contributed by atoms with E-state index < -0.39 is 0 Å². The molecule has 0 atom stereocenters. The molecule has 36 heavy (non-hydrogen) atoms. The lowest BCUT2D eigenvalue weighted by Gasteiger charge is -2.38. The molecule has 1 heterocycles. The fraction of sp³-hybridized carbons (Fsp3) is 0.519. The molecule has 9 heteroatoms. The van der Waals surface area contributed by atoms with Crippen LogP contribution in [0.3, 0.4) is 0 Å². The molecule has 0 aliphatic carbocycles. The first-order chi connectivity index (χ1) is 16.3. The molecule has 0 saturated carbocycles. The Labute approximate surface area is 219 Å². The average molecular weight is 517 g/mol. The molecule has 2 aromatic rings. The zero-order valence-electron chi connectivity index (χ0n) is 22.4. The number of non-ortho nitro benzene ring substituents is 2. The topological polar surface area (TPSA) is 98.6 Å². The summed E-state index contributed by atoms with van der Waals surface area (Å²) in [5, 5.41) is 23.7. The van der Waals surface area contributed by atoms with Crippen molar-refractivity contribution in [3.05, 3.63) is 66.7 Å². The summed E-state index contributed by atoms with van der Waals surface area (Å²) in [6.45, 7) is 17.7. The minimum Gasteiger partial charge on any atom is -1.00 e. The summed E-state index contributed by atoms with van der Waals surface area (Å²) in [6.07, 6.45) is 1.96. The predicted molar refractivity (Wildman–Crippen MR) is 142 cm³/mol. The quantitative estimate of drug-likeness (QED) is 0.289. The van der Waals surface area contributed by atoms with Crippen molar-refractivity contribution in [2.24, 2.45) is 4.99 Å². The Morgan fingerprint density at radius 3 is 1.19 bits per heavy atom. The summed E-state index contributed by atoms with van der Waals surface area (Å²) in [4.78, 5) is 27.7. The van der Waals surface area contributed by atoms with Crippen LogP contribution < -0.4 is 16.9 Å². The molecule has 1 aliphatic rings. The van der Waals surface area contributed by atoms with Gasteiger partial charge < -0.3 is 12.4 Å². The highest BCUT2D eigenvalue weighted by atomic mass is 35.5. The minimum atomic E-state index is -0.324. The summed E-state index contributed by atoms with van der Waals surface area (Å²) in [7, 11) is 0. The Morgan fingerprint density at radius 1 is 0.694 bits per heavy atom. The van der Waals surface area contributed by atoms with Gasteiger partial charge in [-0.25, -0.2) is 9.48 Å². The van der Waals surface area contributed by atoms with Gasteiger partial charge in [0.2, 0.25) is 0 Å². The van der Waals surface area contributed by atoms with Gasteiger partial charge in [-0.15, -0.1) is 0 Å². The summed E-state index contributed by atoms with van der Waals surface area (Å²) in [6, 6.07) is 6.81. The van der Waals surface area contributed by atoms with Crippen LogP contribution in [0.25, 0.3) is 0 Å². The van der Waals surface area contributed by atoms with E-state index in [-0.39, 0.29) is 57.3 Å². The Morgan fingerprint density at radius 2 is 1.00 bits per heavy atom. The lowest BCUT2D eigenvalue weighted by molar-refractivity contribution is -0.385. The highest BCUT2D eigenvalue weighted by Crippen LogP contribution is 2.51. The molecule has 2 aromatic carbocycles. The number of nitro benzene ring substituents is 2. The van der Waals surface area contributed by atoms with Gasteiger partial charge in [-0.2, -0.15) is 0 Å². The molecule has 0 N–H and O–H groups in total. The largest absolute Gasteiger partial charge is 1.00 e. The highest BCUT2D eigenvalue weighted by molar-refractivity contribution is 5.91. The second-order valence-corrected chi connectivity index (χ2v) is 10.7. The molecule has 0 saturated heterocycles. The maximum Gasteiger partial charge on any atom is 0.270 e. The first-order valence-corrected chi connectivity index (χ1v) is 12.4. The Kier molecular flexibility index (Phi) is 9.02. The van der Waals surface area contributed by atoms with Crippen LogP contribution in [-0.2, 0) is 0 Å². The first kappa shape index (κ1) is 29.4. The monoisotopic (exact) mass is 516 g/mol. The van der Waals surface area contributed by atoms with Gasteiger partial charge >= 0.3 is 0 Å². The summed E-state index contributed by atoms with van der Waals surface area (Å²) >= 11 is 0. The number of nitrogens with zero attached hydrogens (tertiary/aromatic N) is 4. The molecular formula is C27H37ClN4O4. The number of quaternary nitrogens is 1. The molecule has 3 rings (SSSR count). The van der Waals surface area contributed by atoms with Gasteiger partial charge in [0.1, 0.15) is 6.54 Å². The normalized spacial score (nSPS) is 14.7. The maximum atomic E-state index is 11.8. The van der Waals surface area contributed by atoms with Crippen LogP contribution in [0.1, 0.15) is 101 Å². The smallest absolute Gasteiger partial charge is 0.270 e. The van der Waals surface area contributed by atoms with Gasteiger partial charge in [0.05, 0.1) is 16.4 Å². The van der Waals surface area contributed by atoms with E-state index in [1.54, 1.807) is 24.3 Å². The predicted octanol–water partition coefficient (Wildman–Crippen LogP) is 4.68. The molecule has 0 amide bonds. The molecule has 1 aliphatic heterocycles. The van der Waals surface area contributed by atoms with E-state index >= 15 is 0 Å². The van der Waals surface area contributed by atoms with Gasteiger partial charge in [0.15, 0.2) is 17.7 Å². The standard InChI is InChI=1S/C27H37N4O4.ClH/c1-16(2)22-11-20(29(32)33)12-23(17(3)4)26(22)31(10-9-28-15-31)27-24(18(5)6)13-21(30(34)35)14-25(27)19(7)8;/h11-19H,9-10H2,1-8H3;1H/q+1;/p-1.